The van der Waals surface area contributed by atoms with Crippen molar-refractivity contribution >= 4 is 10.8 Å². The summed E-state index contributed by atoms with van der Waals surface area (Å²) in [6.07, 6.45) is 0.952. The summed E-state index contributed by atoms with van der Waals surface area (Å²) in [4.78, 5) is 0. The number of nitrogens with one attached hydrogen (secondary N) is 1. The van der Waals surface area contributed by atoms with Gasteiger partial charge in [0.1, 0.15) is 0 Å². The maximum absolute atomic E-state index is 12.3. The summed E-state index contributed by atoms with van der Waals surface area (Å²) >= 11 is 0. The first-order valence-corrected chi connectivity index (χ1v) is 7.92. The highest BCUT2D eigenvalue weighted by molar-refractivity contribution is 7.84. The molecule has 1 aromatic rings. The summed E-state index contributed by atoms with van der Waals surface area (Å²) in [6, 6.07) is 6.85. The summed E-state index contributed by atoms with van der Waals surface area (Å²) in [6.45, 7) is 8.38. The number of hydrogen-bond donors (Lipinski definition) is 1. The van der Waals surface area contributed by atoms with Crippen LogP contribution < -0.4 is 5.32 Å². The van der Waals surface area contributed by atoms with E-state index < -0.39 is 10.8 Å². The predicted octanol–water partition coefficient (Wildman–Crippen LogP) is 2.94. The van der Waals surface area contributed by atoms with Crippen molar-refractivity contribution in [3.05, 3.63) is 34.9 Å². The molecule has 0 aliphatic heterocycles. The van der Waals surface area contributed by atoms with Crippen molar-refractivity contribution in [1.29, 1.82) is 0 Å². The smallest absolute Gasteiger partial charge is 0.0488 e. The second-order valence-corrected chi connectivity index (χ2v) is 7.11. The van der Waals surface area contributed by atoms with Crippen LogP contribution in [0.2, 0.25) is 0 Å². The summed E-state index contributed by atoms with van der Waals surface area (Å²) in [5.74, 6) is 0.667. The first-order valence-electron chi connectivity index (χ1n) is 6.54. The van der Waals surface area contributed by atoms with E-state index in [4.69, 9.17) is 0 Å². The van der Waals surface area contributed by atoms with Crippen LogP contribution in [0.3, 0.4) is 0 Å². The molecule has 0 amide bonds. The normalized spacial score (nSPS) is 16.3. The zero-order valence-corrected chi connectivity index (χ0v) is 12.9. The Bertz CT molecular complexity index is 397. The monoisotopic (exact) mass is 267 g/mol. The quantitative estimate of drug-likeness (QED) is 0.858. The molecule has 18 heavy (non-hydrogen) atoms. The lowest BCUT2D eigenvalue weighted by molar-refractivity contribution is 0.554. The molecule has 0 bridgehead atoms. The van der Waals surface area contributed by atoms with Crippen LogP contribution in [-0.4, -0.2) is 22.5 Å². The molecule has 1 N–H and O–H groups in total. The fourth-order valence-electron chi connectivity index (χ4n) is 2.18. The molecule has 0 saturated heterocycles. The van der Waals surface area contributed by atoms with Gasteiger partial charge in [0.2, 0.25) is 0 Å². The highest BCUT2D eigenvalue weighted by Crippen LogP contribution is 2.14. The van der Waals surface area contributed by atoms with E-state index in [1.807, 2.05) is 7.05 Å². The molecule has 0 radical (unpaired) electrons. The van der Waals surface area contributed by atoms with Crippen molar-refractivity contribution in [3.63, 3.8) is 0 Å². The summed E-state index contributed by atoms with van der Waals surface area (Å²) < 4.78 is 12.3. The van der Waals surface area contributed by atoms with Gasteiger partial charge < -0.3 is 5.32 Å². The Morgan fingerprint density at radius 3 is 2.22 bits per heavy atom. The molecule has 0 aromatic heterocycles. The third kappa shape index (κ3) is 4.91. The van der Waals surface area contributed by atoms with Crippen LogP contribution in [0.15, 0.2) is 18.2 Å². The molecule has 0 fully saturated rings. The molecular weight excluding hydrogens is 242 g/mol. The van der Waals surface area contributed by atoms with Gasteiger partial charge in [-0.1, -0.05) is 36.2 Å². The molecular formula is C15H25NOS. The fourth-order valence-corrected chi connectivity index (χ4v) is 3.46. The van der Waals surface area contributed by atoms with Gasteiger partial charge in [0.25, 0.3) is 0 Å². The Kier molecular flexibility index (Phi) is 6.03. The molecule has 1 rings (SSSR count). The van der Waals surface area contributed by atoms with E-state index in [9.17, 15) is 4.21 Å². The van der Waals surface area contributed by atoms with E-state index in [-0.39, 0.29) is 5.25 Å². The van der Waals surface area contributed by atoms with Gasteiger partial charge in [-0.25, -0.2) is 0 Å². The van der Waals surface area contributed by atoms with Crippen molar-refractivity contribution < 1.29 is 4.21 Å². The molecule has 3 atom stereocenters. The molecule has 2 nitrogen and oxygen atoms in total. The maximum Gasteiger partial charge on any atom is 0.0488 e. The number of hydrogen-bond acceptors (Lipinski definition) is 2. The minimum Gasteiger partial charge on any atom is -0.317 e. The van der Waals surface area contributed by atoms with E-state index in [2.05, 4.69) is 51.2 Å². The SMILES string of the molecule is CNC(C)CC(C)S(=O)Cc1cc(C)cc(C)c1. The molecule has 0 aliphatic carbocycles. The van der Waals surface area contributed by atoms with Gasteiger partial charge in [0.05, 0.1) is 0 Å². The lowest BCUT2D eigenvalue weighted by Crippen LogP contribution is -2.27. The Labute approximate surface area is 114 Å². The van der Waals surface area contributed by atoms with Crippen LogP contribution in [0, 0.1) is 13.8 Å². The van der Waals surface area contributed by atoms with Crippen molar-refractivity contribution in [2.24, 2.45) is 0 Å². The summed E-state index contributed by atoms with van der Waals surface area (Å²) in [5, 5.41) is 3.43. The summed E-state index contributed by atoms with van der Waals surface area (Å²) in [5.41, 5.74) is 3.69. The number of rotatable bonds is 6. The van der Waals surface area contributed by atoms with E-state index in [0.717, 1.165) is 6.42 Å². The standard InChI is InChI=1S/C15H25NOS/c1-11-6-12(2)8-15(7-11)10-18(17)14(4)9-13(3)16-5/h6-8,13-14,16H,9-10H2,1-5H3. The second kappa shape index (κ2) is 7.05. The van der Waals surface area contributed by atoms with Crippen LogP contribution >= 0.6 is 0 Å². The highest BCUT2D eigenvalue weighted by atomic mass is 32.2. The lowest BCUT2D eigenvalue weighted by atomic mass is 10.1. The number of benzene rings is 1. The Balaban J connectivity index is 2.63. The molecule has 0 aliphatic rings. The molecule has 0 saturated carbocycles. The molecule has 102 valence electrons. The molecule has 1 aromatic carbocycles. The topological polar surface area (TPSA) is 29.1 Å². The van der Waals surface area contributed by atoms with E-state index in [1.54, 1.807) is 0 Å². The van der Waals surface area contributed by atoms with Gasteiger partial charge in [0.15, 0.2) is 0 Å². The van der Waals surface area contributed by atoms with Crippen molar-refractivity contribution in [1.82, 2.24) is 5.32 Å². The van der Waals surface area contributed by atoms with E-state index in [1.165, 1.54) is 16.7 Å². The van der Waals surface area contributed by atoms with Crippen LogP contribution in [0.5, 0.6) is 0 Å². The van der Waals surface area contributed by atoms with Crippen LogP contribution in [0.1, 0.15) is 37.0 Å². The van der Waals surface area contributed by atoms with Gasteiger partial charge >= 0.3 is 0 Å². The van der Waals surface area contributed by atoms with Gasteiger partial charge in [-0.05, 0) is 39.8 Å². The fraction of sp³-hybridized carbons (Fsp3) is 0.600. The Hall–Kier alpha value is -0.670. The highest BCUT2D eigenvalue weighted by Gasteiger charge is 2.14. The lowest BCUT2D eigenvalue weighted by Gasteiger charge is -2.16. The van der Waals surface area contributed by atoms with Gasteiger partial charge in [-0.3, -0.25) is 4.21 Å². The second-order valence-electron chi connectivity index (χ2n) is 5.26. The van der Waals surface area contributed by atoms with Gasteiger partial charge in [-0.2, -0.15) is 0 Å². The maximum atomic E-state index is 12.3. The van der Waals surface area contributed by atoms with Gasteiger partial charge in [-0.15, -0.1) is 0 Å². The summed E-state index contributed by atoms with van der Waals surface area (Å²) in [7, 11) is 1.15. The molecule has 0 spiro atoms. The van der Waals surface area contributed by atoms with E-state index >= 15 is 0 Å². The average Bonchev–Trinajstić information content (AvgIpc) is 2.27. The van der Waals surface area contributed by atoms with Crippen molar-refractivity contribution in [3.8, 4) is 0 Å². The molecule has 3 heteroatoms. The third-order valence-electron chi connectivity index (χ3n) is 3.22. The molecule has 3 unspecified atom stereocenters. The Morgan fingerprint density at radius 1 is 1.17 bits per heavy atom. The average molecular weight is 267 g/mol. The zero-order chi connectivity index (χ0) is 13.7. The largest absolute Gasteiger partial charge is 0.317 e. The Morgan fingerprint density at radius 2 is 1.72 bits per heavy atom. The predicted molar refractivity (Wildman–Crippen MR) is 80.4 cm³/mol. The van der Waals surface area contributed by atoms with Crippen molar-refractivity contribution in [2.45, 2.75) is 51.2 Å². The minimum atomic E-state index is -0.794. The van der Waals surface area contributed by atoms with E-state index in [0.29, 0.717) is 11.8 Å². The number of aryl methyl sites for hydroxylation is 2. The zero-order valence-electron chi connectivity index (χ0n) is 12.1. The minimum absolute atomic E-state index is 0.230. The van der Waals surface area contributed by atoms with Crippen LogP contribution in [0.4, 0.5) is 0 Å². The van der Waals surface area contributed by atoms with Crippen molar-refractivity contribution in [2.75, 3.05) is 7.05 Å². The molecule has 0 heterocycles. The third-order valence-corrected chi connectivity index (χ3v) is 4.93. The van der Waals surface area contributed by atoms with Crippen LogP contribution in [0.25, 0.3) is 0 Å². The first-order chi connectivity index (χ1) is 8.42. The first kappa shape index (κ1) is 15.4. The van der Waals surface area contributed by atoms with Gasteiger partial charge in [0, 0.05) is 27.8 Å². The van der Waals surface area contributed by atoms with Crippen LogP contribution in [-0.2, 0) is 16.6 Å².